The van der Waals surface area contributed by atoms with E-state index in [2.05, 4.69) is 38.3 Å². The summed E-state index contributed by atoms with van der Waals surface area (Å²) in [5, 5.41) is 27.6. The first-order valence-corrected chi connectivity index (χ1v) is 11.4. The van der Waals surface area contributed by atoms with Crippen molar-refractivity contribution < 1.29 is 19.8 Å². The highest BCUT2D eigenvalue weighted by atomic mass is 16.3. The number of carbonyl (C=O) groups excluding carboxylic acids is 2. The molecule has 0 bridgehead atoms. The van der Waals surface area contributed by atoms with Crippen molar-refractivity contribution in [3.8, 4) is 0 Å². The van der Waals surface area contributed by atoms with E-state index in [-0.39, 0.29) is 23.9 Å². The van der Waals surface area contributed by atoms with Crippen LogP contribution in [0.4, 0.5) is 0 Å². The highest BCUT2D eigenvalue weighted by Gasteiger charge is 2.48. The van der Waals surface area contributed by atoms with Gasteiger partial charge in [-0.15, -0.1) is 0 Å². The predicted octanol–water partition coefficient (Wildman–Crippen LogP) is 2.90. The molecule has 0 spiro atoms. The molecule has 2 amide bonds. The quantitative estimate of drug-likeness (QED) is 0.416. The van der Waals surface area contributed by atoms with Crippen LogP contribution in [0.5, 0.6) is 0 Å². The van der Waals surface area contributed by atoms with E-state index in [0.717, 1.165) is 12.8 Å². The van der Waals surface area contributed by atoms with E-state index in [1.807, 2.05) is 0 Å². The zero-order valence-corrected chi connectivity index (χ0v) is 19.2. The fourth-order valence-corrected chi connectivity index (χ4v) is 4.32. The molecule has 2 aliphatic carbocycles. The topological polar surface area (TPSA) is 98.7 Å². The summed E-state index contributed by atoms with van der Waals surface area (Å²) >= 11 is 0. The molecule has 6 nitrogen and oxygen atoms in total. The Morgan fingerprint density at radius 1 is 0.793 bits per heavy atom. The maximum absolute atomic E-state index is 13.1. The molecule has 0 aromatic carbocycles. The van der Waals surface area contributed by atoms with Gasteiger partial charge in [0.2, 0.25) is 11.8 Å². The highest BCUT2D eigenvalue weighted by molar-refractivity contribution is 6.04. The zero-order valence-electron chi connectivity index (χ0n) is 19.2. The van der Waals surface area contributed by atoms with Crippen molar-refractivity contribution in [3.05, 3.63) is 0 Å². The Balaban J connectivity index is 2.07. The first kappa shape index (κ1) is 24.1. The van der Waals surface area contributed by atoms with Gasteiger partial charge in [0.25, 0.3) is 0 Å². The van der Waals surface area contributed by atoms with Crippen molar-refractivity contribution in [3.63, 3.8) is 0 Å². The summed E-state index contributed by atoms with van der Waals surface area (Å²) in [6, 6.07) is -0.698. The van der Waals surface area contributed by atoms with Gasteiger partial charge < -0.3 is 20.8 Å². The SMILES string of the molecule is CC(C)C[C@@H](NC(=O)C(C)(C)C(=O)N[C@H](CC(C)C)C1(O)CCC1)C1(O)CCC1. The standard InChI is InChI=1S/C23H42N2O4/c1-15(2)13-17(22(28)9-7-10-22)24-19(26)21(5,6)20(27)25-18(14-16(3)4)23(29)11-8-12-23/h15-18,28-29H,7-14H2,1-6H3,(H,24,26)(H,25,27)/t17-,18-/m1/s1. The average Bonchev–Trinajstić information content (AvgIpc) is 2.55. The number of hydrogen-bond acceptors (Lipinski definition) is 4. The third-order valence-electron chi connectivity index (χ3n) is 6.90. The minimum Gasteiger partial charge on any atom is -0.388 e. The van der Waals surface area contributed by atoms with E-state index in [1.165, 1.54) is 0 Å². The lowest BCUT2D eigenvalue weighted by atomic mass is 9.71. The Labute approximate surface area is 176 Å². The Bertz CT molecular complexity index is 542. The Kier molecular flexibility index (Phi) is 7.43. The monoisotopic (exact) mass is 410 g/mol. The molecule has 0 aromatic rings. The van der Waals surface area contributed by atoms with Crippen LogP contribution in [0, 0.1) is 17.3 Å². The molecule has 29 heavy (non-hydrogen) atoms. The minimum absolute atomic E-state index is 0.324. The van der Waals surface area contributed by atoms with Gasteiger partial charge in [-0.3, -0.25) is 9.59 Å². The lowest BCUT2D eigenvalue weighted by Crippen LogP contribution is -2.63. The maximum atomic E-state index is 13.1. The molecule has 2 saturated carbocycles. The summed E-state index contributed by atoms with van der Waals surface area (Å²) < 4.78 is 0. The van der Waals surface area contributed by atoms with E-state index in [9.17, 15) is 19.8 Å². The van der Waals surface area contributed by atoms with Crippen LogP contribution in [0.3, 0.4) is 0 Å². The first-order chi connectivity index (χ1) is 13.3. The molecule has 2 aliphatic rings. The summed E-state index contributed by atoms with van der Waals surface area (Å²) in [6.07, 6.45) is 6.00. The number of amides is 2. The Hall–Kier alpha value is -1.14. The smallest absolute Gasteiger partial charge is 0.235 e. The van der Waals surface area contributed by atoms with Crippen LogP contribution >= 0.6 is 0 Å². The molecule has 2 rings (SSSR count). The lowest BCUT2D eigenvalue weighted by molar-refractivity contribution is -0.148. The number of rotatable bonds is 10. The van der Waals surface area contributed by atoms with Gasteiger partial charge in [0.15, 0.2) is 0 Å². The first-order valence-electron chi connectivity index (χ1n) is 11.4. The van der Waals surface area contributed by atoms with E-state index in [1.54, 1.807) is 13.8 Å². The van der Waals surface area contributed by atoms with Crippen LogP contribution in [0.2, 0.25) is 0 Å². The molecule has 168 valence electrons. The fourth-order valence-electron chi connectivity index (χ4n) is 4.32. The molecule has 0 aromatic heterocycles. The number of nitrogens with one attached hydrogen (secondary N) is 2. The van der Waals surface area contributed by atoms with Gasteiger partial charge in [0, 0.05) is 0 Å². The van der Waals surface area contributed by atoms with Gasteiger partial charge in [-0.05, 0) is 77.0 Å². The van der Waals surface area contributed by atoms with Gasteiger partial charge in [0.05, 0.1) is 23.3 Å². The summed E-state index contributed by atoms with van der Waals surface area (Å²) in [5.41, 5.74) is -3.02. The van der Waals surface area contributed by atoms with Gasteiger partial charge >= 0.3 is 0 Å². The summed E-state index contributed by atoms with van der Waals surface area (Å²) in [4.78, 5) is 26.2. The molecule has 0 aliphatic heterocycles. The minimum atomic E-state index is -1.29. The van der Waals surface area contributed by atoms with E-state index >= 15 is 0 Å². The van der Waals surface area contributed by atoms with Crippen molar-refractivity contribution >= 4 is 11.8 Å². The van der Waals surface area contributed by atoms with Gasteiger partial charge in [-0.25, -0.2) is 0 Å². The van der Waals surface area contributed by atoms with Gasteiger partial charge in [-0.1, -0.05) is 27.7 Å². The van der Waals surface area contributed by atoms with Gasteiger partial charge in [0.1, 0.15) is 5.41 Å². The predicted molar refractivity (Wildman–Crippen MR) is 114 cm³/mol. The van der Waals surface area contributed by atoms with Crippen LogP contribution in [0.25, 0.3) is 0 Å². The van der Waals surface area contributed by atoms with Crippen LogP contribution in [-0.4, -0.2) is 45.3 Å². The molecule has 2 fully saturated rings. The Morgan fingerprint density at radius 3 is 1.31 bits per heavy atom. The second-order valence-corrected chi connectivity index (χ2v) is 10.9. The van der Waals surface area contributed by atoms with Crippen LogP contribution in [-0.2, 0) is 9.59 Å². The molecule has 0 unspecified atom stereocenters. The van der Waals surface area contributed by atoms with Crippen LogP contribution in [0.15, 0.2) is 0 Å². The van der Waals surface area contributed by atoms with E-state index in [4.69, 9.17) is 0 Å². The fraction of sp³-hybridized carbons (Fsp3) is 0.913. The normalized spacial score (nSPS) is 22.4. The van der Waals surface area contributed by atoms with Crippen LogP contribution < -0.4 is 10.6 Å². The van der Waals surface area contributed by atoms with Crippen molar-refractivity contribution in [2.24, 2.45) is 17.3 Å². The molecular formula is C23H42N2O4. The summed E-state index contributed by atoms with van der Waals surface area (Å²) in [7, 11) is 0. The molecule has 0 saturated heterocycles. The van der Waals surface area contributed by atoms with Crippen molar-refractivity contribution in [2.45, 2.75) is 116 Å². The van der Waals surface area contributed by atoms with Crippen molar-refractivity contribution in [1.29, 1.82) is 0 Å². The third kappa shape index (κ3) is 5.52. The summed E-state index contributed by atoms with van der Waals surface area (Å²) in [5.74, 6) is -0.0926. The molecular weight excluding hydrogens is 368 g/mol. The molecule has 0 heterocycles. The molecule has 4 N–H and O–H groups in total. The maximum Gasteiger partial charge on any atom is 0.235 e. The second-order valence-electron chi connectivity index (χ2n) is 10.9. The third-order valence-corrected chi connectivity index (χ3v) is 6.90. The Morgan fingerprint density at radius 2 is 1.10 bits per heavy atom. The average molecular weight is 411 g/mol. The summed E-state index contributed by atoms with van der Waals surface area (Å²) in [6.45, 7) is 11.5. The lowest BCUT2D eigenvalue weighted by Gasteiger charge is -2.46. The second kappa shape index (κ2) is 8.93. The molecule has 6 heteroatoms. The van der Waals surface area contributed by atoms with E-state index in [0.29, 0.717) is 50.4 Å². The number of aliphatic hydroxyl groups is 2. The van der Waals surface area contributed by atoms with Crippen LogP contribution in [0.1, 0.15) is 92.9 Å². The van der Waals surface area contributed by atoms with Crippen molar-refractivity contribution in [1.82, 2.24) is 10.6 Å². The highest BCUT2D eigenvalue weighted by Crippen LogP contribution is 2.39. The van der Waals surface area contributed by atoms with Gasteiger partial charge in [-0.2, -0.15) is 0 Å². The molecule has 2 atom stereocenters. The van der Waals surface area contributed by atoms with E-state index < -0.39 is 16.6 Å². The van der Waals surface area contributed by atoms with Crippen molar-refractivity contribution in [2.75, 3.05) is 0 Å². The largest absolute Gasteiger partial charge is 0.388 e. The molecule has 0 radical (unpaired) electrons. The number of carbonyl (C=O) groups is 2. The zero-order chi connectivity index (χ0) is 22.0. The number of hydrogen-bond donors (Lipinski definition) is 4.